The Morgan fingerprint density at radius 1 is 1.03 bits per heavy atom. The molecule has 1 N–H and O–H groups in total. The number of nitrogens with zero attached hydrogens (tertiary/aromatic N) is 4. The molecule has 1 amide bonds. The number of anilines is 2. The maximum absolute atomic E-state index is 15.2. The van der Waals surface area contributed by atoms with Gasteiger partial charge in [0.15, 0.2) is 5.82 Å². The molecule has 0 aliphatic heterocycles. The van der Waals surface area contributed by atoms with Crippen molar-refractivity contribution in [1.82, 2.24) is 14.3 Å². The van der Waals surface area contributed by atoms with Gasteiger partial charge in [0, 0.05) is 38.8 Å². The quantitative estimate of drug-likeness (QED) is 0.329. The molecule has 13 heteroatoms. The number of aromatic nitrogens is 3. The number of rotatable bonds is 8. The van der Waals surface area contributed by atoms with Gasteiger partial charge in [0.1, 0.15) is 40.3 Å². The minimum Gasteiger partial charge on any atom is -0.497 e. The number of benzene rings is 2. The number of alkyl halides is 2. The van der Waals surface area contributed by atoms with E-state index in [2.05, 4.69) is 15.0 Å². The summed E-state index contributed by atoms with van der Waals surface area (Å²) in [6, 6.07) is 11.4. The molecule has 0 saturated carbocycles. The normalized spacial score (nSPS) is 11.0. The molecule has 4 rings (SSSR count). The van der Waals surface area contributed by atoms with Gasteiger partial charge in [0.25, 0.3) is 11.5 Å². The summed E-state index contributed by atoms with van der Waals surface area (Å²) >= 11 is 0. The summed E-state index contributed by atoms with van der Waals surface area (Å²) in [5.41, 5.74) is -2.15. The van der Waals surface area contributed by atoms with Crippen molar-refractivity contribution in [2.45, 2.75) is 6.61 Å². The first kappa shape index (κ1) is 27.2. The van der Waals surface area contributed by atoms with E-state index in [1.807, 2.05) is 0 Å². The van der Waals surface area contributed by atoms with Gasteiger partial charge in [-0.3, -0.25) is 14.3 Å². The zero-order valence-corrected chi connectivity index (χ0v) is 21.2. The lowest BCUT2D eigenvalue weighted by Gasteiger charge is -2.15. The van der Waals surface area contributed by atoms with Crippen LogP contribution in [0.3, 0.4) is 0 Å². The van der Waals surface area contributed by atoms with E-state index in [4.69, 9.17) is 4.74 Å². The van der Waals surface area contributed by atoms with E-state index >= 15 is 8.78 Å². The molecule has 0 fully saturated rings. The zero-order chi connectivity index (χ0) is 28.4. The molecular formula is C26H23F4N5O4. The second-order valence-electron chi connectivity index (χ2n) is 8.44. The molecule has 0 spiro atoms. The van der Waals surface area contributed by atoms with Gasteiger partial charge >= 0.3 is 6.61 Å². The molecule has 0 aliphatic rings. The van der Waals surface area contributed by atoms with E-state index < -0.39 is 41.0 Å². The fraction of sp³-hybridized carbons (Fsp3) is 0.192. The topological polar surface area (TPSA) is 90.6 Å². The van der Waals surface area contributed by atoms with E-state index in [0.717, 1.165) is 28.9 Å². The van der Waals surface area contributed by atoms with Crippen LogP contribution < -0.4 is 25.2 Å². The van der Waals surface area contributed by atoms with Crippen molar-refractivity contribution < 1.29 is 31.8 Å². The van der Waals surface area contributed by atoms with Gasteiger partial charge in [-0.2, -0.15) is 13.5 Å². The monoisotopic (exact) mass is 545 g/mol. The smallest absolute Gasteiger partial charge is 0.387 e. The first-order valence-electron chi connectivity index (χ1n) is 11.4. The van der Waals surface area contributed by atoms with Crippen molar-refractivity contribution in [3.63, 3.8) is 0 Å². The van der Waals surface area contributed by atoms with Crippen LogP contribution >= 0.6 is 0 Å². The minimum absolute atomic E-state index is 0.0271. The summed E-state index contributed by atoms with van der Waals surface area (Å²) in [7, 11) is 6.12. The minimum atomic E-state index is -3.05. The number of carbonyl (C=O) groups excluding carboxylic acids is 1. The van der Waals surface area contributed by atoms with Crippen LogP contribution in [0.1, 0.15) is 10.4 Å². The Kier molecular flexibility index (Phi) is 7.61. The predicted octanol–water partition coefficient (Wildman–Crippen LogP) is 4.44. The molecule has 204 valence electrons. The van der Waals surface area contributed by atoms with Crippen LogP contribution in [0.25, 0.3) is 17.1 Å². The molecule has 2 aromatic heterocycles. The highest BCUT2D eigenvalue weighted by Gasteiger charge is 2.28. The number of halogens is 4. The van der Waals surface area contributed by atoms with Crippen molar-refractivity contribution in [2.24, 2.45) is 7.05 Å². The van der Waals surface area contributed by atoms with Crippen LogP contribution in [0.5, 0.6) is 11.5 Å². The standard InChI is InChI=1S/C26H23F4N5O4/c1-33(2)19-6-5-7-20(31-19)35-25(37)22(32-24(36)14-8-10-15(11-9-14)39-26(29)30)23(34(35)3)21-17(27)12-16(38-4)13-18(21)28/h5-13,26H,1-4H3,(H,32,36). The molecule has 9 nitrogen and oxygen atoms in total. The lowest BCUT2D eigenvalue weighted by Crippen LogP contribution is -2.24. The molecule has 0 aliphatic carbocycles. The van der Waals surface area contributed by atoms with Crippen LogP contribution in [-0.2, 0) is 7.05 Å². The number of hydrogen-bond donors (Lipinski definition) is 1. The number of hydrogen-bond acceptors (Lipinski definition) is 6. The van der Waals surface area contributed by atoms with Crippen LogP contribution in [0.4, 0.5) is 29.1 Å². The van der Waals surface area contributed by atoms with Crippen LogP contribution in [-0.4, -0.2) is 48.1 Å². The summed E-state index contributed by atoms with van der Waals surface area (Å²) in [5.74, 6) is -2.57. The van der Waals surface area contributed by atoms with E-state index in [9.17, 15) is 18.4 Å². The lowest BCUT2D eigenvalue weighted by molar-refractivity contribution is -0.0498. The Morgan fingerprint density at radius 2 is 1.67 bits per heavy atom. The highest BCUT2D eigenvalue weighted by Crippen LogP contribution is 2.34. The van der Waals surface area contributed by atoms with Gasteiger partial charge < -0.3 is 19.7 Å². The van der Waals surface area contributed by atoms with Gasteiger partial charge in [-0.05, 0) is 36.4 Å². The third kappa shape index (κ3) is 5.42. The van der Waals surface area contributed by atoms with Gasteiger partial charge in [0.05, 0.1) is 12.7 Å². The second-order valence-corrected chi connectivity index (χ2v) is 8.44. The number of ether oxygens (including phenoxy) is 2. The Morgan fingerprint density at radius 3 is 2.23 bits per heavy atom. The fourth-order valence-electron chi connectivity index (χ4n) is 3.91. The summed E-state index contributed by atoms with van der Waals surface area (Å²) in [6.07, 6.45) is 0. The van der Waals surface area contributed by atoms with Crippen molar-refractivity contribution >= 4 is 17.4 Å². The van der Waals surface area contributed by atoms with Gasteiger partial charge in [-0.15, -0.1) is 0 Å². The van der Waals surface area contributed by atoms with E-state index in [0.29, 0.717) is 5.82 Å². The average Bonchev–Trinajstić information content (AvgIpc) is 3.12. The molecule has 2 aromatic carbocycles. The first-order chi connectivity index (χ1) is 18.5. The Balaban J connectivity index is 1.88. The molecular weight excluding hydrogens is 522 g/mol. The van der Waals surface area contributed by atoms with Crippen molar-refractivity contribution in [1.29, 1.82) is 0 Å². The predicted molar refractivity (Wildman–Crippen MR) is 136 cm³/mol. The number of pyridine rings is 1. The Labute approximate surface area is 219 Å². The molecule has 0 unspecified atom stereocenters. The Hall–Kier alpha value is -4.81. The SMILES string of the molecule is COc1cc(F)c(-c2c(NC(=O)c3ccc(OC(F)F)cc3)c(=O)n(-c3cccc(N(C)C)n3)n2C)c(F)c1. The molecule has 2 heterocycles. The van der Waals surface area contributed by atoms with E-state index in [-0.39, 0.29) is 28.6 Å². The van der Waals surface area contributed by atoms with Gasteiger partial charge in [0.2, 0.25) is 0 Å². The molecule has 0 bridgehead atoms. The first-order valence-corrected chi connectivity index (χ1v) is 11.4. The number of nitrogens with one attached hydrogen (secondary N) is 1. The number of methoxy groups -OCH3 is 1. The summed E-state index contributed by atoms with van der Waals surface area (Å²) in [6.45, 7) is -3.05. The number of carbonyl (C=O) groups is 1. The maximum atomic E-state index is 15.2. The average molecular weight is 545 g/mol. The molecule has 0 saturated heterocycles. The second kappa shape index (κ2) is 10.9. The third-order valence-corrected chi connectivity index (χ3v) is 5.73. The molecule has 4 aromatic rings. The fourth-order valence-corrected chi connectivity index (χ4v) is 3.91. The van der Waals surface area contributed by atoms with Gasteiger partial charge in [-0.25, -0.2) is 13.8 Å². The molecule has 0 atom stereocenters. The van der Waals surface area contributed by atoms with Crippen LogP contribution in [0.15, 0.2) is 59.4 Å². The van der Waals surface area contributed by atoms with E-state index in [1.165, 1.54) is 37.0 Å². The van der Waals surface area contributed by atoms with Crippen LogP contribution in [0.2, 0.25) is 0 Å². The summed E-state index contributed by atoms with van der Waals surface area (Å²) in [4.78, 5) is 32.8. The van der Waals surface area contributed by atoms with E-state index in [1.54, 1.807) is 31.1 Å². The summed E-state index contributed by atoms with van der Waals surface area (Å²) in [5, 5.41) is 2.42. The highest BCUT2D eigenvalue weighted by atomic mass is 19.3. The van der Waals surface area contributed by atoms with Crippen molar-refractivity contribution in [3.8, 4) is 28.6 Å². The largest absolute Gasteiger partial charge is 0.497 e. The van der Waals surface area contributed by atoms with Crippen molar-refractivity contribution in [2.75, 3.05) is 31.4 Å². The zero-order valence-electron chi connectivity index (χ0n) is 21.2. The van der Waals surface area contributed by atoms with Crippen molar-refractivity contribution in [3.05, 3.63) is 82.1 Å². The number of amides is 1. The van der Waals surface area contributed by atoms with Gasteiger partial charge in [-0.1, -0.05) is 6.07 Å². The highest BCUT2D eigenvalue weighted by molar-refractivity contribution is 6.06. The molecule has 39 heavy (non-hydrogen) atoms. The lowest BCUT2D eigenvalue weighted by atomic mass is 10.1. The summed E-state index contributed by atoms with van der Waals surface area (Å²) < 4.78 is 66.8. The maximum Gasteiger partial charge on any atom is 0.387 e. The Bertz CT molecular complexity index is 1560. The third-order valence-electron chi connectivity index (χ3n) is 5.73. The molecule has 0 radical (unpaired) electrons. The van der Waals surface area contributed by atoms with Crippen LogP contribution in [0, 0.1) is 11.6 Å².